The molecule has 0 unspecified atom stereocenters. The minimum Gasteiger partial charge on any atom is -0.399 e. The van der Waals surface area contributed by atoms with Gasteiger partial charge in [0, 0.05) is 24.8 Å². The first-order chi connectivity index (χ1) is 8.99. The number of nitrogen functional groups attached to an aromatic ring is 1. The first kappa shape index (κ1) is 15.0. The molecule has 5 heteroatoms. The van der Waals surface area contributed by atoms with Crippen LogP contribution in [0.4, 0.5) is 5.69 Å². The van der Waals surface area contributed by atoms with Gasteiger partial charge in [-0.3, -0.25) is 9.59 Å². The summed E-state index contributed by atoms with van der Waals surface area (Å²) in [5, 5.41) is 2.53. The smallest absolute Gasteiger partial charge is 0.254 e. The number of benzene rings is 1. The van der Waals surface area contributed by atoms with Gasteiger partial charge in [-0.2, -0.15) is 0 Å². The van der Waals surface area contributed by atoms with Crippen molar-refractivity contribution in [1.29, 1.82) is 0 Å². The van der Waals surface area contributed by atoms with Gasteiger partial charge in [0.15, 0.2) is 0 Å². The Morgan fingerprint density at radius 3 is 2.58 bits per heavy atom. The number of aryl methyl sites for hydroxylation is 1. The third-order valence-corrected chi connectivity index (χ3v) is 2.87. The highest BCUT2D eigenvalue weighted by Crippen LogP contribution is 2.15. The summed E-state index contributed by atoms with van der Waals surface area (Å²) >= 11 is 0. The first-order valence-corrected chi connectivity index (χ1v) is 6.35. The summed E-state index contributed by atoms with van der Waals surface area (Å²) in [6, 6.07) is 5.17. The Bertz CT molecular complexity index is 472. The fourth-order valence-corrected chi connectivity index (χ4v) is 1.87. The average Bonchev–Trinajstić information content (AvgIpc) is 2.37. The van der Waals surface area contributed by atoms with Gasteiger partial charge in [-0.05, 0) is 37.1 Å². The lowest BCUT2D eigenvalue weighted by atomic mass is 10.1. The zero-order chi connectivity index (χ0) is 14.4. The number of nitrogens with two attached hydrogens (primary N) is 1. The lowest BCUT2D eigenvalue weighted by Crippen LogP contribution is -2.40. The molecule has 104 valence electrons. The van der Waals surface area contributed by atoms with Crippen molar-refractivity contribution < 1.29 is 9.59 Å². The molecule has 0 radical (unpaired) electrons. The molecule has 0 bridgehead atoms. The van der Waals surface area contributed by atoms with Crippen molar-refractivity contribution >= 4 is 17.5 Å². The number of carbonyl (C=O) groups is 2. The van der Waals surface area contributed by atoms with Gasteiger partial charge in [0.25, 0.3) is 5.91 Å². The van der Waals surface area contributed by atoms with Gasteiger partial charge in [-0.15, -0.1) is 0 Å². The van der Waals surface area contributed by atoms with Crippen LogP contribution in [0.25, 0.3) is 0 Å². The van der Waals surface area contributed by atoms with Crippen molar-refractivity contribution in [3.63, 3.8) is 0 Å². The minimum absolute atomic E-state index is 0.0764. The molecule has 3 N–H and O–H groups in total. The summed E-state index contributed by atoms with van der Waals surface area (Å²) in [7, 11) is 1.56. The summed E-state index contributed by atoms with van der Waals surface area (Å²) in [5.74, 6) is -0.308. The first-order valence-electron chi connectivity index (χ1n) is 6.35. The van der Waals surface area contributed by atoms with Crippen molar-refractivity contribution in [3.05, 3.63) is 29.3 Å². The van der Waals surface area contributed by atoms with E-state index in [0.717, 1.165) is 12.0 Å². The third-order valence-electron chi connectivity index (χ3n) is 2.87. The molecule has 5 nitrogen and oxygen atoms in total. The Morgan fingerprint density at radius 2 is 2.05 bits per heavy atom. The third kappa shape index (κ3) is 3.98. The molecule has 1 aromatic rings. The number of rotatable bonds is 5. The molecule has 2 amide bonds. The summed E-state index contributed by atoms with van der Waals surface area (Å²) in [4.78, 5) is 25.4. The quantitative estimate of drug-likeness (QED) is 0.783. The van der Waals surface area contributed by atoms with Crippen LogP contribution in [0, 0.1) is 6.92 Å². The van der Waals surface area contributed by atoms with E-state index in [1.165, 1.54) is 0 Å². The van der Waals surface area contributed by atoms with Crippen molar-refractivity contribution in [2.24, 2.45) is 0 Å². The highest BCUT2D eigenvalue weighted by Gasteiger charge is 2.19. The lowest BCUT2D eigenvalue weighted by molar-refractivity contribution is -0.121. The number of hydrogen-bond donors (Lipinski definition) is 2. The predicted molar refractivity (Wildman–Crippen MR) is 75.9 cm³/mol. The number of amides is 2. The number of likely N-dealkylation sites (N-methyl/N-ethyl adjacent to an activating group) is 1. The highest BCUT2D eigenvalue weighted by molar-refractivity contribution is 5.98. The summed E-state index contributed by atoms with van der Waals surface area (Å²) in [5.41, 5.74) is 7.71. The molecule has 0 spiro atoms. The van der Waals surface area contributed by atoms with Crippen molar-refractivity contribution in [3.8, 4) is 0 Å². The van der Waals surface area contributed by atoms with E-state index in [4.69, 9.17) is 5.73 Å². The van der Waals surface area contributed by atoms with Gasteiger partial charge < -0.3 is 16.0 Å². The number of nitrogens with zero attached hydrogens (tertiary/aromatic N) is 1. The minimum atomic E-state index is -0.171. The molecule has 19 heavy (non-hydrogen) atoms. The second-order valence-corrected chi connectivity index (χ2v) is 4.47. The molecule has 0 saturated heterocycles. The number of nitrogens with one attached hydrogen (secondary N) is 1. The van der Waals surface area contributed by atoms with Gasteiger partial charge in [-0.1, -0.05) is 6.92 Å². The zero-order valence-electron chi connectivity index (χ0n) is 11.7. The van der Waals surface area contributed by atoms with Gasteiger partial charge in [0.05, 0.1) is 6.54 Å². The Labute approximate surface area is 113 Å². The van der Waals surface area contributed by atoms with E-state index in [9.17, 15) is 9.59 Å². The molecule has 0 aliphatic rings. The number of hydrogen-bond acceptors (Lipinski definition) is 3. The van der Waals surface area contributed by atoms with E-state index in [1.54, 1.807) is 30.1 Å². The normalized spacial score (nSPS) is 10.1. The van der Waals surface area contributed by atoms with Crippen LogP contribution in [0.15, 0.2) is 18.2 Å². The van der Waals surface area contributed by atoms with E-state index in [1.807, 2.05) is 13.8 Å². The second-order valence-electron chi connectivity index (χ2n) is 4.47. The highest BCUT2D eigenvalue weighted by atomic mass is 16.2. The predicted octanol–water partition coefficient (Wildman–Crippen LogP) is 1.18. The van der Waals surface area contributed by atoms with Crippen LogP contribution in [-0.2, 0) is 4.79 Å². The molecule has 0 aliphatic heterocycles. The topological polar surface area (TPSA) is 75.4 Å². The lowest BCUT2D eigenvalue weighted by Gasteiger charge is -2.22. The van der Waals surface area contributed by atoms with Gasteiger partial charge in [-0.25, -0.2) is 0 Å². The van der Waals surface area contributed by atoms with Crippen LogP contribution in [-0.4, -0.2) is 36.9 Å². The molecular weight excluding hydrogens is 242 g/mol. The van der Waals surface area contributed by atoms with E-state index < -0.39 is 0 Å². The Hall–Kier alpha value is -2.04. The van der Waals surface area contributed by atoms with Crippen LogP contribution < -0.4 is 11.1 Å². The summed E-state index contributed by atoms with van der Waals surface area (Å²) in [6.45, 7) is 4.44. The Morgan fingerprint density at radius 1 is 1.37 bits per heavy atom. The van der Waals surface area contributed by atoms with E-state index in [-0.39, 0.29) is 18.4 Å². The van der Waals surface area contributed by atoms with E-state index in [2.05, 4.69) is 5.32 Å². The fraction of sp³-hybridized carbons (Fsp3) is 0.429. The molecule has 0 fully saturated rings. The van der Waals surface area contributed by atoms with E-state index in [0.29, 0.717) is 17.8 Å². The molecule has 1 rings (SSSR count). The van der Waals surface area contributed by atoms with Crippen LogP contribution >= 0.6 is 0 Å². The SMILES string of the molecule is CCCN(CC(=O)NC)C(=O)c1ccc(N)cc1C. The van der Waals surface area contributed by atoms with Gasteiger partial charge in [0.2, 0.25) is 5.91 Å². The fourth-order valence-electron chi connectivity index (χ4n) is 1.87. The molecule has 0 atom stereocenters. The number of carbonyl (C=O) groups excluding carboxylic acids is 2. The average molecular weight is 263 g/mol. The molecule has 0 saturated carbocycles. The standard InChI is InChI=1S/C14H21N3O2/c1-4-7-17(9-13(18)16-3)14(19)12-6-5-11(15)8-10(12)2/h5-6,8H,4,7,9,15H2,1-3H3,(H,16,18). The molecular formula is C14H21N3O2. The molecule has 0 aromatic heterocycles. The summed E-state index contributed by atoms with van der Waals surface area (Å²) < 4.78 is 0. The zero-order valence-corrected chi connectivity index (χ0v) is 11.7. The Kier molecular flexibility index (Phi) is 5.36. The van der Waals surface area contributed by atoms with Crippen molar-refractivity contribution in [2.45, 2.75) is 20.3 Å². The molecule has 1 aromatic carbocycles. The van der Waals surface area contributed by atoms with Crippen molar-refractivity contribution in [1.82, 2.24) is 10.2 Å². The van der Waals surface area contributed by atoms with Crippen LogP contribution in [0.3, 0.4) is 0 Å². The maximum atomic E-state index is 12.4. The maximum absolute atomic E-state index is 12.4. The largest absolute Gasteiger partial charge is 0.399 e. The summed E-state index contributed by atoms with van der Waals surface area (Å²) in [6.07, 6.45) is 0.802. The Balaban J connectivity index is 2.95. The van der Waals surface area contributed by atoms with Crippen LogP contribution in [0.2, 0.25) is 0 Å². The van der Waals surface area contributed by atoms with Gasteiger partial charge >= 0.3 is 0 Å². The molecule has 0 aliphatic carbocycles. The molecule has 0 heterocycles. The second kappa shape index (κ2) is 6.78. The monoisotopic (exact) mass is 263 g/mol. The maximum Gasteiger partial charge on any atom is 0.254 e. The van der Waals surface area contributed by atoms with Crippen LogP contribution in [0.5, 0.6) is 0 Å². The van der Waals surface area contributed by atoms with E-state index >= 15 is 0 Å². The van der Waals surface area contributed by atoms with Crippen molar-refractivity contribution in [2.75, 3.05) is 25.9 Å². The van der Waals surface area contributed by atoms with Crippen LogP contribution in [0.1, 0.15) is 29.3 Å². The number of anilines is 1. The van der Waals surface area contributed by atoms with Gasteiger partial charge in [0.1, 0.15) is 0 Å².